The molecule has 1 aliphatic rings. The van der Waals surface area contributed by atoms with Gasteiger partial charge in [-0.2, -0.15) is 5.10 Å². The molecular weight excluding hydrogens is 274 g/mol. The monoisotopic (exact) mass is 291 g/mol. The minimum absolute atomic E-state index is 0.599. The van der Waals surface area contributed by atoms with Crippen LogP contribution in [0.25, 0.3) is 11.1 Å². The molecule has 1 saturated carbocycles. The van der Waals surface area contributed by atoms with E-state index in [1.54, 1.807) is 17.9 Å². The lowest BCUT2D eigenvalue weighted by Crippen LogP contribution is -2.19. The molecule has 1 aromatic heterocycles. The number of hydrogen-bond acceptors (Lipinski definition) is 4. The molecular formula is C14H17N3O2S. The number of anilines is 1. The summed E-state index contributed by atoms with van der Waals surface area (Å²) >= 11 is 0. The summed E-state index contributed by atoms with van der Waals surface area (Å²) in [6.45, 7) is 0. The van der Waals surface area contributed by atoms with E-state index in [4.69, 9.17) is 5.73 Å². The van der Waals surface area contributed by atoms with Gasteiger partial charge in [0.05, 0.1) is 10.9 Å². The van der Waals surface area contributed by atoms with Gasteiger partial charge in [-0.05, 0) is 24.0 Å². The zero-order valence-corrected chi connectivity index (χ0v) is 12.3. The van der Waals surface area contributed by atoms with Crippen molar-refractivity contribution in [3.05, 3.63) is 36.0 Å². The Labute approximate surface area is 118 Å². The van der Waals surface area contributed by atoms with Crippen LogP contribution >= 0.6 is 0 Å². The van der Waals surface area contributed by atoms with Gasteiger partial charge in [-0.25, -0.2) is 8.42 Å². The van der Waals surface area contributed by atoms with E-state index in [2.05, 4.69) is 5.10 Å². The number of hydrogen-bond donors (Lipinski definition) is 1. The van der Waals surface area contributed by atoms with Crippen molar-refractivity contribution in [3.63, 3.8) is 0 Å². The summed E-state index contributed by atoms with van der Waals surface area (Å²) in [4.78, 5) is 0. The van der Waals surface area contributed by atoms with Crippen LogP contribution in [0.1, 0.15) is 18.4 Å². The summed E-state index contributed by atoms with van der Waals surface area (Å²) in [6, 6.07) is 7.59. The summed E-state index contributed by atoms with van der Waals surface area (Å²) in [5, 5.41) is 4.11. The first-order valence-electron chi connectivity index (χ1n) is 6.43. The van der Waals surface area contributed by atoms with Crippen LogP contribution in [0.2, 0.25) is 0 Å². The molecule has 1 aromatic carbocycles. The maximum atomic E-state index is 11.9. The first kappa shape index (κ1) is 13.2. The highest BCUT2D eigenvalue weighted by Crippen LogP contribution is 2.52. The molecule has 0 aliphatic heterocycles. The summed E-state index contributed by atoms with van der Waals surface area (Å²) in [5.74, 6) is 0.599. The maximum absolute atomic E-state index is 11.9. The first-order chi connectivity index (χ1) is 9.35. The third-order valence-electron chi connectivity index (χ3n) is 4.12. The number of nitrogens with two attached hydrogens (primary N) is 1. The van der Waals surface area contributed by atoms with Gasteiger partial charge < -0.3 is 5.73 Å². The normalized spacial score (nSPS) is 17.1. The highest BCUT2D eigenvalue weighted by atomic mass is 32.2. The lowest BCUT2D eigenvalue weighted by molar-refractivity contribution is 0.586. The van der Waals surface area contributed by atoms with E-state index in [0.29, 0.717) is 18.7 Å². The fourth-order valence-corrected chi connectivity index (χ4v) is 4.02. The van der Waals surface area contributed by atoms with Crippen LogP contribution in [-0.2, 0) is 21.6 Å². The Kier molecular flexibility index (Phi) is 2.69. The maximum Gasteiger partial charge on any atom is 0.157 e. The third kappa shape index (κ3) is 1.83. The van der Waals surface area contributed by atoms with Gasteiger partial charge in [-0.1, -0.05) is 24.3 Å². The smallest absolute Gasteiger partial charge is 0.157 e. The Morgan fingerprint density at radius 1 is 1.25 bits per heavy atom. The van der Waals surface area contributed by atoms with Crippen LogP contribution in [-0.4, -0.2) is 24.5 Å². The van der Waals surface area contributed by atoms with Gasteiger partial charge in [0.15, 0.2) is 9.84 Å². The van der Waals surface area contributed by atoms with E-state index in [9.17, 15) is 8.42 Å². The van der Waals surface area contributed by atoms with Crippen molar-refractivity contribution in [1.82, 2.24) is 9.78 Å². The fourth-order valence-electron chi connectivity index (χ4n) is 2.61. The van der Waals surface area contributed by atoms with E-state index < -0.39 is 14.6 Å². The molecule has 2 aromatic rings. The van der Waals surface area contributed by atoms with E-state index in [1.807, 2.05) is 24.3 Å². The topological polar surface area (TPSA) is 78.0 Å². The van der Waals surface area contributed by atoms with Crippen LogP contribution < -0.4 is 5.73 Å². The van der Waals surface area contributed by atoms with Crippen molar-refractivity contribution in [2.45, 2.75) is 17.6 Å². The van der Waals surface area contributed by atoms with Crippen LogP contribution in [0, 0.1) is 0 Å². The Balaban J connectivity index is 1.99. The molecule has 0 bridgehead atoms. The van der Waals surface area contributed by atoms with Crippen LogP contribution in [0.15, 0.2) is 30.5 Å². The second kappa shape index (κ2) is 4.09. The molecule has 1 aliphatic carbocycles. The predicted octanol–water partition coefficient (Wildman–Crippen LogP) is 1.70. The van der Waals surface area contributed by atoms with Gasteiger partial charge in [0.25, 0.3) is 0 Å². The number of nitrogen functional groups attached to an aromatic ring is 1. The number of nitrogens with zero attached hydrogens (tertiary/aromatic N) is 2. The van der Waals surface area contributed by atoms with Crippen molar-refractivity contribution >= 4 is 15.7 Å². The minimum atomic E-state index is -3.07. The van der Waals surface area contributed by atoms with Gasteiger partial charge in [-0.3, -0.25) is 4.68 Å². The molecule has 2 N–H and O–H groups in total. The molecule has 106 valence electrons. The zero-order valence-electron chi connectivity index (χ0n) is 11.5. The zero-order chi connectivity index (χ0) is 14.5. The number of aromatic nitrogens is 2. The molecule has 6 heteroatoms. The molecule has 0 amide bonds. The van der Waals surface area contributed by atoms with Gasteiger partial charge in [0, 0.05) is 18.9 Å². The van der Waals surface area contributed by atoms with Crippen LogP contribution in [0.4, 0.5) is 5.82 Å². The Bertz CT molecular complexity index is 756. The highest BCUT2D eigenvalue weighted by Gasteiger charge is 2.53. The van der Waals surface area contributed by atoms with Crippen molar-refractivity contribution in [1.29, 1.82) is 0 Å². The Morgan fingerprint density at radius 2 is 1.85 bits per heavy atom. The number of benzene rings is 1. The molecule has 0 spiro atoms. The van der Waals surface area contributed by atoms with E-state index in [-0.39, 0.29) is 0 Å². The minimum Gasteiger partial charge on any atom is -0.383 e. The predicted molar refractivity (Wildman–Crippen MR) is 78.8 cm³/mol. The van der Waals surface area contributed by atoms with Crippen LogP contribution in [0.5, 0.6) is 0 Å². The summed E-state index contributed by atoms with van der Waals surface area (Å²) in [6.07, 6.45) is 4.45. The number of sulfone groups is 1. The lowest BCUT2D eigenvalue weighted by Gasteiger charge is -2.14. The second-order valence-corrected chi connectivity index (χ2v) is 7.74. The quantitative estimate of drug-likeness (QED) is 0.933. The molecule has 5 nitrogen and oxygen atoms in total. The van der Waals surface area contributed by atoms with Gasteiger partial charge >= 0.3 is 0 Å². The Morgan fingerprint density at radius 3 is 2.25 bits per heavy atom. The van der Waals surface area contributed by atoms with Crippen molar-refractivity contribution in [2.24, 2.45) is 7.05 Å². The van der Waals surface area contributed by atoms with E-state index in [0.717, 1.165) is 16.7 Å². The standard InChI is InChI=1S/C14H17N3O2S/c1-17-13(15)12(9-16-17)10-3-5-11(6-4-10)14(7-8-14)20(2,18)19/h3-6,9H,7-8,15H2,1-2H3. The van der Waals surface area contributed by atoms with Crippen molar-refractivity contribution in [2.75, 3.05) is 12.0 Å². The number of aryl methyl sites for hydroxylation is 1. The average Bonchev–Trinajstić information content (AvgIpc) is 3.14. The molecule has 0 saturated heterocycles. The Hall–Kier alpha value is -1.82. The summed E-state index contributed by atoms with van der Waals surface area (Å²) < 4.78 is 24.7. The molecule has 0 unspecified atom stereocenters. The van der Waals surface area contributed by atoms with E-state index in [1.165, 1.54) is 6.26 Å². The first-order valence-corrected chi connectivity index (χ1v) is 8.32. The van der Waals surface area contributed by atoms with Gasteiger partial charge in [-0.15, -0.1) is 0 Å². The van der Waals surface area contributed by atoms with Gasteiger partial charge in [0.2, 0.25) is 0 Å². The summed E-state index contributed by atoms with van der Waals surface area (Å²) in [5.41, 5.74) is 8.62. The molecule has 20 heavy (non-hydrogen) atoms. The fraction of sp³-hybridized carbons (Fsp3) is 0.357. The second-order valence-electron chi connectivity index (χ2n) is 5.41. The molecule has 1 fully saturated rings. The number of rotatable bonds is 3. The molecule has 3 rings (SSSR count). The third-order valence-corrected chi connectivity index (χ3v) is 6.18. The highest BCUT2D eigenvalue weighted by molar-refractivity contribution is 7.92. The molecule has 0 atom stereocenters. The van der Waals surface area contributed by atoms with Crippen LogP contribution in [0.3, 0.4) is 0 Å². The molecule has 0 radical (unpaired) electrons. The van der Waals surface area contributed by atoms with Crippen molar-refractivity contribution < 1.29 is 8.42 Å². The molecule has 1 heterocycles. The van der Waals surface area contributed by atoms with Gasteiger partial charge in [0.1, 0.15) is 5.82 Å². The average molecular weight is 291 g/mol. The lowest BCUT2D eigenvalue weighted by atomic mass is 10.0. The van der Waals surface area contributed by atoms with E-state index >= 15 is 0 Å². The largest absolute Gasteiger partial charge is 0.383 e. The summed E-state index contributed by atoms with van der Waals surface area (Å²) in [7, 11) is -1.28. The van der Waals surface area contributed by atoms with Crippen molar-refractivity contribution in [3.8, 4) is 11.1 Å². The SMILES string of the molecule is Cn1ncc(-c2ccc(C3(S(C)(=O)=O)CC3)cc2)c1N.